The molecule has 0 N–H and O–H groups in total. The summed E-state index contributed by atoms with van der Waals surface area (Å²) in [6.45, 7) is -0.131. The van der Waals surface area contributed by atoms with E-state index in [0.29, 0.717) is 0 Å². The Hall–Kier alpha value is -3.23. The molecular formula is C16H10F3N3O3. The summed E-state index contributed by atoms with van der Waals surface area (Å²) in [5, 5.41) is 10.9. The predicted octanol–water partition coefficient (Wildman–Crippen LogP) is 3.37. The highest BCUT2D eigenvalue weighted by molar-refractivity contribution is 5.79. The summed E-state index contributed by atoms with van der Waals surface area (Å²) in [6.07, 6.45) is -3.28. The molecule has 0 saturated heterocycles. The Morgan fingerprint density at radius 3 is 2.60 bits per heavy atom. The Balaban J connectivity index is 2.04. The van der Waals surface area contributed by atoms with Crippen molar-refractivity contribution < 1.29 is 18.1 Å². The van der Waals surface area contributed by atoms with Crippen LogP contribution in [0, 0.1) is 10.1 Å². The second kappa shape index (κ2) is 6.00. The summed E-state index contributed by atoms with van der Waals surface area (Å²) in [4.78, 5) is 26.7. The molecule has 0 aliphatic rings. The molecule has 128 valence electrons. The Morgan fingerprint density at radius 2 is 1.92 bits per heavy atom. The highest BCUT2D eigenvalue weighted by atomic mass is 19.4. The minimum atomic E-state index is -4.48. The molecule has 0 aliphatic heterocycles. The number of nitrogens with zero attached hydrogens (tertiary/aromatic N) is 3. The van der Waals surface area contributed by atoms with Crippen LogP contribution in [0.1, 0.15) is 11.1 Å². The quantitative estimate of drug-likeness (QED) is 0.536. The summed E-state index contributed by atoms with van der Waals surface area (Å²) < 4.78 is 39.4. The van der Waals surface area contributed by atoms with Crippen molar-refractivity contribution in [3.05, 3.63) is 80.4 Å². The zero-order chi connectivity index (χ0) is 18.2. The van der Waals surface area contributed by atoms with Gasteiger partial charge in [0.2, 0.25) is 0 Å². The van der Waals surface area contributed by atoms with Crippen LogP contribution in [-0.2, 0) is 12.7 Å². The van der Waals surface area contributed by atoms with E-state index in [1.807, 2.05) is 0 Å². The number of rotatable bonds is 3. The number of non-ortho nitro benzene ring substituents is 1. The van der Waals surface area contributed by atoms with Crippen LogP contribution in [0.2, 0.25) is 0 Å². The van der Waals surface area contributed by atoms with Gasteiger partial charge in [-0.1, -0.05) is 12.1 Å². The first-order valence-corrected chi connectivity index (χ1v) is 7.05. The number of nitro groups is 1. The molecule has 0 radical (unpaired) electrons. The minimum Gasteiger partial charge on any atom is -0.294 e. The zero-order valence-corrected chi connectivity index (χ0v) is 12.5. The Bertz CT molecular complexity index is 1030. The van der Waals surface area contributed by atoms with Gasteiger partial charge >= 0.3 is 6.18 Å². The van der Waals surface area contributed by atoms with Gasteiger partial charge in [0.25, 0.3) is 11.2 Å². The molecule has 0 amide bonds. The van der Waals surface area contributed by atoms with E-state index >= 15 is 0 Å². The van der Waals surface area contributed by atoms with Gasteiger partial charge in [0.1, 0.15) is 0 Å². The van der Waals surface area contributed by atoms with Crippen molar-refractivity contribution >= 4 is 16.6 Å². The molecule has 1 heterocycles. The molecule has 0 fully saturated rings. The maximum Gasteiger partial charge on any atom is 0.416 e. The lowest BCUT2D eigenvalue weighted by Gasteiger charge is -2.10. The molecule has 1 aromatic heterocycles. The first-order valence-electron chi connectivity index (χ1n) is 7.05. The average molecular weight is 349 g/mol. The van der Waals surface area contributed by atoms with Crippen LogP contribution in [0.3, 0.4) is 0 Å². The summed E-state index contributed by atoms with van der Waals surface area (Å²) in [5.74, 6) is 0. The third-order valence-corrected chi connectivity index (χ3v) is 3.63. The van der Waals surface area contributed by atoms with E-state index in [2.05, 4.69) is 4.98 Å². The van der Waals surface area contributed by atoms with Gasteiger partial charge < -0.3 is 0 Å². The van der Waals surface area contributed by atoms with Gasteiger partial charge in [0.05, 0.1) is 34.3 Å². The van der Waals surface area contributed by atoms with E-state index in [4.69, 9.17) is 0 Å². The molecule has 2 aromatic carbocycles. The van der Waals surface area contributed by atoms with Gasteiger partial charge in [-0.3, -0.25) is 19.5 Å². The molecule has 0 spiro atoms. The predicted molar refractivity (Wildman–Crippen MR) is 83.2 cm³/mol. The normalized spacial score (nSPS) is 11.6. The molecule has 25 heavy (non-hydrogen) atoms. The summed E-state index contributed by atoms with van der Waals surface area (Å²) in [6, 6.07) is 8.28. The Kier molecular flexibility index (Phi) is 3.99. The molecular weight excluding hydrogens is 339 g/mol. The number of hydrogen-bond donors (Lipinski definition) is 0. The smallest absolute Gasteiger partial charge is 0.294 e. The average Bonchev–Trinajstić information content (AvgIpc) is 2.56. The SMILES string of the molecule is O=c1c2cc([N+](=O)[O-])ccc2ncn1Cc1cccc(C(F)(F)F)c1. The number of hydrogen-bond acceptors (Lipinski definition) is 4. The molecule has 0 aliphatic carbocycles. The molecule has 6 nitrogen and oxygen atoms in total. The van der Waals surface area contributed by atoms with Gasteiger partial charge in [0, 0.05) is 12.1 Å². The van der Waals surface area contributed by atoms with Crippen LogP contribution < -0.4 is 5.56 Å². The fourth-order valence-corrected chi connectivity index (χ4v) is 2.42. The maximum atomic E-state index is 12.8. The summed E-state index contributed by atoms with van der Waals surface area (Å²) >= 11 is 0. The number of aromatic nitrogens is 2. The van der Waals surface area contributed by atoms with Gasteiger partial charge in [-0.05, 0) is 23.8 Å². The van der Waals surface area contributed by atoms with Gasteiger partial charge in [-0.2, -0.15) is 13.2 Å². The topological polar surface area (TPSA) is 78.0 Å². The van der Waals surface area contributed by atoms with Crippen molar-refractivity contribution in [1.82, 2.24) is 9.55 Å². The van der Waals surface area contributed by atoms with Crippen molar-refractivity contribution in [1.29, 1.82) is 0 Å². The van der Waals surface area contributed by atoms with Gasteiger partial charge in [0.15, 0.2) is 0 Å². The van der Waals surface area contributed by atoms with Crippen LogP contribution in [0.25, 0.3) is 10.9 Å². The van der Waals surface area contributed by atoms with Crippen molar-refractivity contribution in [2.45, 2.75) is 12.7 Å². The van der Waals surface area contributed by atoms with E-state index in [1.54, 1.807) is 0 Å². The van der Waals surface area contributed by atoms with Crippen LogP contribution in [-0.4, -0.2) is 14.5 Å². The molecule has 0 bridgehead atoms. The Morgan fingerprint density at radius 1 is 1.16 bits per heavy atom. The summed E-state index contributed by atoms with van der Waals surface area (Å²) in [5.41, 5.74) is -1.10. The Labute approximate surface area is 138 Å². The highest BCUT2D eigenvalue weighted by Gasteiger charge is 2.30. The fraction of sp³-hybridized carbons (Fsp3) is 0.125. The lowest BCUT2D eigenvalue weighted by molar-refractivity contribution is -0.384. The standard InChI is InChI=1S/C16H10F3N3O3/c17-16(18,19)11-3-1-2-10(6-11)8-21-9-20-14-5-4-12(22(24)25)7-13(14)15(21)23/h1-7,9H,8H2. The first kappa shape index (κ1) is 16.6. The summed E-state index contributed by atoms with van der Waals surface area (Å²) in [7, 11) is 0. The minimum absolute atomic E-state index is 0.0312. The van der Waals surface area contributed by atoms with Crippen molar-refractivity contribution in [2.24, 2.45) is 0 Å². The first-order chi connectivity index (χ1) is 11.8. The molecule has 3 rings (SSSR count). The maximum absolute atomic E-state index is 12.8. The second-order valence-electron chi connectivity index (χ2n) is 5.33. The third kappa shape index (κ3) is 3.35. The monoisotopic (exact) mass is 349 g/mol. The van der Waals surface area contributed by atoms with E-state index in [-0.39, 0.29) is 28.7 Å². The fourth-order valence-electron chi connectivity index (χ4n) is 2.42. The number of fused-ring (bicyclic) bond motifs is 1. The number of benzene rings is 2. The molecule has 9 heteroatoms. The van der Waals surface area contributed by atoms with E-state index < -0.39 is 22.2 Å². The number of nitro benzene ring substituents is 1. The van der Waals surface area contributed by atoms with Crippen molar-refractivity contribution in [3.63, 3.8) is 0 Å². The van der Waals surface area contributed by atoms with Gasteiger partial charge in [-0.25, -0.2) is 4.98 Å². The largest absolute Gasteiger partial charge is 0.416 e. The lowest BCUT2D eigenvalue weighted by Crippen LogP contribution is -2.21. The van der Waals surface area contributed by atoms with E-state index in [9.17, 15) is 28.1 Å². The molecule has 3 aromatic rings. The zero-order valence-electron chi connectivity index (χ0n) is 12.5. The van der Waals surface area contributed by atoms with Gasteiger partial charge in [-0.15, -0.1) is 0 Å². The van der Waals surface area contributed by atoms with Crippen LogP contribution in [0.4, 0.5) is 18.9 Å². The lowest BCUT2D eigenvalue weighted by atomic mass is 10.1. The van der Waals surface area contributed by atoms with Crippen molar-refractivity contribution in [3.8, 4) is 0 Å². The van der Waals surface area contributed by atoms with Crippen molar-refractivity contribution in [2.75, 3.05) is 0 Å². The number of halogens is 3. The molecule has 0 unspecified atom stereocenters. The third-order valence-electron chi connectivity index (χ3n) is 3.63. The molecule has 0 atom stereocenters. The van der Waals surface area contributed by atoms with Crippen LogP contribution >= 0.6 is 0 Å². The van der Waals surface area contributed by atoms with E-state index in [0.717, 1.165) is 22.8 Å². The highest BCUT2D eigenvalue weighted by Crippen LogP contribution is 2.29. The number of alkyl halides is 3. The van der Waals surface area contributed by atoms with E-state index in [1.165, 1.54) is 30.6 Å². The van der Waals surface area contributed by atoms with Crippen LogP contribution in [0.5, 0.6) is 0 Å². The van der Waals surface area contributed by atoms with Crippen LogP contribution in [0.15, 0.2) is 53.6 Å². The second-order valence-corrected chi connectivity index (χ2v) is 5.33. The molecule has 0 saturated carbocycles.